The number of para-hydroxylation sites is 1. The number of methoxy groups -OCH3 is 2. The third-order valence-electron chi connectivity index (χ3n) is 6.74. The average molecular weight is 485 g/mol. The molecule has 0 aliphatic heterocycles. The molecule has 5 rings (SSSR count). The summed E-state index contributed by atoms with van der Waals surface area (Å²) in [4.78, 5) is 27.5. The molecule has 7 heteroatoms. The van der Waals surface area contributed by atoms with Crippen LogP contribution in [0.3, 0.4) is 0 Å². The maximum absolute atomic E-state index is 13.0. The summed E-state index contributed by atoms with van der Waals surface area (Å²) in [6.45, 7) is 0.300. The monoisotopic (exact) mass is 484 g/mol. The molecule has 3 aromatic carbocycles. The number of aromatic nitrogens is 1. The Labute approximate surface area is 209 Å². The summed E-state index contributed by atoms with van der Waals surface area (Å²) in [5.74, 6) is 0.428. The molecule has 0 saturated heterocycles. The van der Waals surface area contributed by atoms with Crippen LogP contribution in [0, 0.1) is 5.92 Å². The lowest BCUT2D eigenvalue weighted by atomic mass is 10.0. The third-order valence-corrected chi connectivity index (χ3v) is 6.74. The molecule has 4 aromatic rings. The normalized spacial score (nSPS) is 13.0. The van der Waals surface area contributed by atoms with E-state index in [1.165, 1.54) is 0 Å². The van der Waals surface area contributed by atoms with Crippen molar-refractivity contribution in [3.63, 3.8) is 0 Å². The molecule has 1 aromatic heterocycles. The highest BCUT2D eigenvalue weighted by molar-refractivity contribution is 6.13. The number of anilines is 1. The number of carboxylic acids is 1. The van der Waals surface area contributed by atoms with Crippen LogP contribution in [0.1, 0.15) is 28.9 Å². The molecular formula is C29H28N2O5. The highest BCUT2D eigenvalue weighted by atomic mass is 16.5. The van der Waals surface area contributed by atoms with E-state index in [1.54, 1.807) is 30.7 Å². The maximum atomic E-state index is 13.0. The SMILES string of the molecule is COc1ccc(-c2c(C(=O)O)n(Cc3cccc(OC)c3)c3c(N(C)C(=O)C4CC4)cccc23)cc1. The van der Waals surface area contributed by atoms with Crippen molar-refractivity contribution in [1.29, 1.82) is 0 Å². The number of carboxylic acid groups (broad SMARTS) is 1. The minimum absolute atomic E-state index is 0.0343. The van der Waals surface area contributed by atoms with E-state index in [1.807, 2.05) is 66.7 Å². The summed E-state index contributed by atoms with van der Waals surface area (Å²) in [6, 6.07) is 20.6. The second-order valence-electron chi connectivity index (χ2n) is 9.04. The van der Waals surface area contributed by atoms with Crippen molar-refractivity contribution in [1.82, 2.24) is 4.57 Å². The number of nitrogens with zero attached hydrogens (tertiary/aromatic N) is 2. The molecule has 0 radical (unpaired) electrons. The first kappa shape index (κ1) is 23.5. The second kappa shape index (κ2) is 9.41. The van der Waals surface area contributed by atoms with E-state index in [-0.39, 0.29) is 17.5 Å². The Bertz CT molecular complexity index is 1450. The molecule has 0 spiro atoms. The molecule has 1 fully saturated rings. The van der Waals surface area contributed by atoms with Gasteiger partial charge in [-0.3, -0.25) is 4.79 Å². The molecular weight excluding hydrogens is 456 g/mol. The topological polar surface area (TPSA) is 81.0 Å². The molecule has 1 heterocycles. The average Bonchev–Trinajstić information content (AvgIpc) is 3.70. The van der Waals surface area contributed by atoms with Gasteiger partial charge in [-0.2, -0.15) is 0 Å². The maximum Gasteiger partial charge on any atom is 0.353 e. The van der Waals surface area contributed by atoms with Gasteiger partial charge in [0.2, 0.25) is 5.91 Å². The Morgan fingerprint density at radius 1 is 0.972 bits per heavy atom. The van der Waals surface area contributed by atoms with Crippen LogP contribution in [0.25, 0.3) is 22.0 Å². The second-order valence-corrected chi connectivity index (χ2v) is 9.04. The molecule has 0 unspecified atom stereocenters. The van der Waals surface area contributed by atoms with Gasteiger partial charge in [0.25, 0.3) is 0 Å². The van der Waals surface area contributed by atoms with Crippen molar-refractivity contribution in [3.05, 3.63) is 78.0 Å². The van der Waals surface area contributed by atoms with E-state index in [4.69, 9.17) is 9.47 Å². The predicted octanol–water partition coefficient (Wildman–Crippen LogP) is 5.44. The number of carbonyl (C=O) groups excluding carboxylic acids is 1. The summed E-state index contributed by atoms with van der Waals surface area (Å²) in [6.07, 6.45) is 1.78. The lowest BCUT2D eigenvalue weighted by molar-refractivity contribution is -0.119. The van der Waals surface area contributed by atoms with Crippen LogP contribution in [0.5, 0.6) is 11.5 Å². The fraction of sp³-hybridized carbons (Fsp3) is 0.241. The fourth-order valence-corrected chi connectivity index (χ4v) is 4.77. The highest BCUT2D eigenvalue weighted by Gasteiger charge is 2.34. The van der Waals surface area contributed by atoms with Crippen molar-refractivity contribution < 1.29 is 24.2 Å². The van der Waals surface area contributed by atoms with E-state index < -0.39 is 5.97 Å². The predicted molar refractivity (Wildman–Crippen MR) is 139 cm³/mol. The van der Waals surface area contributed by atoms with Crippen molar-refractivity contribution in [2.75, 3.05) is 26.2 Å². The summed E-state index contributed by atoms with van der Waals surface area (Å²) in [5, 5.41) is 11.2. The molecule has 0 atom stereocenters. The van der Waals surface area contributed by atoms with E-state index in [2.05, 4.69) is 0 Å². The Kier molecular flexibility index (Phi) is 6.14. The number of aromatic carboxylic acids is 1. The molecule has 0 bridgehead atoms. The van der Waals surface area contributed by atoms with Crippen LogP contribution in [-0.2, 0) is 11.3 Å². The van der Waals surface area contributed by atoms with Crippen LogP contribution in [-0.4, -0.2) is 42.8 Å². The zero-order chi connectivity index (χ0) is 25.4. The van der Waals surface area contributed by atoms with E-state index in [0.717, 1.165) is 29.4 Å². The molecule has 1 aliphatic rings. The first-order chi connectivity index (χ1) is 17.4. The van der Waals surface area contributed by atoms with Crippen LogP contribution in [0.4, 0.5) is 5.69 Å². The molecule has 7 nitrogen and oxygen atoms in total. The van der Waals surface area contributed by atoms with Gasteiger partial charge in [-0.25, -0.2) is 4.79 Å². The standard InChI is InChI=1S/C29H28N2O5/c1-30(28(32)20-10-11-20)24-9-5-8-23-25(19-12-14-21(35-2)15-13-19)27(29(33)34)31(26(23)24)17-18-6-4-7-22(16-18)36-3/h4-9,12-16,20H,10-11,17H2,1-3H3,(H,33,34). The summed E-state index contributed by atoms with van der Waals surface area (Å²) < 4.78 is 12.5. The molecule has 1 saturated carbocycles. The largest absolute Gasteiger partial charge is 0.497 e. The number of benzene rings is 3. The van der Waals surface area contributed by atoms with Gasteiger partial charge in [-0.05, 0) is 54.3 Å². The van der Waals surface area contributed by atoms with Gasteiger partial charge in [-0.15, -0.1) is 0 Å². The number of carbonyl (C=O) groups is 2. The number of amides is 1. The van der Waals surface area contributed by atoms with E-state index in [9.17, 15) is 14.7 Å². The van der Waals surface area contributed by atoms with Gasteiger partial charge in [0.1, 0.15) is 17.2 Å². The minimum Gasteiger partial charge on any atom is -0.497 e. The van der Waals surface area contributed by atoms with Gasteiger partial charge >= 0.3 is 5.97 Å². The number of rotatable bonds is 8. The highest BCUT2D eigenvalue weighted by Crippen LogP contribution is 2.41. The lowest BCUT2D eigenvalue weighted by Crippen LogP contribution is -2.28. The number of hydrogen-bond acceptors (Lipinski definition) is 4. The molecule has 184 valence electrons. The van der Waals surface area contributed by atoms with Crippen molar-refractivity contribution in [3.8, 4) is 22.6 Å². The van der Waals surface area contributed by atoms with E-state index in [0.29, 0.717) is 34.8 Å². The van der Waals surface area contributed by atoms with Gasteiger partial charge in [0.15, 0.2) is 0 Å². The van der Waals surface area contributed by atoms with Crippen LogP contribution in [0.2, 0.25) is 0 Å². The summed E-state index contributed by atoms with van der Waals surface area (Å²) in [7, 11) is 4.97. The first-order valence-corrected chi connectivity index (χ1v) is 11.9. The van der Waals surface area contributed by atoms with Crippen LogP contribution in [0.15, 0.2) is 66.7 Å². The van der Waals surface area contributed by atoms with Gasteiger partial charge in [0.05, 0.1) is 25.4 Å². The molecule has 1 aliphatic carbocycles. The first-order valence-electron chi connectivity index (χ1n) is 11.9. The fourth-order valence-electron chi connectivity index (χ4n) is 4.77. The Hall–Kier alpha value is -4.26. The van der Waals surface area contributed by atoms with Crippen LogP contribution >= 0.6 is 0 Å². The van der Waals surface area contributed by atoms with Gasteiger partial charge in [0, 0.05) is 30.5 Å². The zero-order valence-electron chi connectivity index (χ0n) is 20.5. The number of fused-ring (bicyclic) bond motifs is 1. The molecule has 1 amide bonds. The van der Waals surface area contributed by atoms with Crippen LogP contribution < -0.4 is 14.4 Å². The van der Waals surface area contributed by atoms with Gasteiger partial charge in [-0.1, -0.05) is 36.4 Å². The minimum atomic E-state index is -1.04. The molecule has 1 N–H and O–H groups in total. The number of ether oxygens (including phenoxy) is 2. The summed E-state index contributed by atoms with van der Waals surface area (Å²) >= 11 is 0. The Morgan fingerprint density at radius 2 is 1.67 bits per heavy atom. The van der Waals surface area contributed by atoms with E-state index >= 15 is 0 Å². The Morgan fingerprint density at radius 3 is 2.31 bits per heavy atom. The smallest absolute Gasteiger partial charge is 0.353 e. The van der Waals surface area contributed by atoms with Gasteiger partial charge < -0.3 is 24.0 Å². The molecule has 36 heavy (non-hydrogen) atoms. The van der Waals surface area contributed by atoms with Crippen molar-refractivity contribution in [2.24, 2.45) is 5.92 Å². The summed E-state index contributed by atoms with van der Waals surface area (Å²) in [5.41, 5.74) is 3.82. The van der Waals surface area contributed by atoms with Crippen molar-refractivity contribution >= 4 is 28.5 Å². The van der Waals surface area contributed by atoms with Crippen molar-refractivity contribution in [2.45, 2.75) is 19.4 Å². The Balaban J connectivity index is 1.79. The third kappa shape index (κ3) is 4.17. The zero-order valence-corrected chi connectivity index (χ0v) is 20.5. The quantitative estimate of drug-likeness (QED) is 0.360. The lowest BCUT2D eigenvalue weighted by Gasteiger charge is -2.20. The number of hydrogen-bond donors (Lipinski definition) is 1.